The van der Waals surface area contributed by atoms with Gasteiger partial charge in [-0.25, -0.2) is 0 Å². The van der Waals surface area contributed by atoms with Crippen LogP contribution in [-0.4, -0.2) is 15.8 Å². The van der Waals surface area contributed by atoms with Crippen molar-refractivity contribution in [1.82, 2.24) is 9.13 Å². The van der Waals surface area contributed by atoms with Crippen LogP contribution in [0.2, 0.25) is 0 Å². The van der Waals surface area contributed by atoms with E-state index >= 15 is 0 Å². The molecule has 212 valence electrons. The molecule has 7 aromatic carbocycles. The lowest BCUT2D eigenvalue weighted by molar-refractivity contribution is 0.487. The van der Waals surface area contributed by atoms with Crippen molar-refractivity contribution in [2.75, 3.05) is 0 Å². The SMILES string of the molecule is c1ccc(-c2cc3c4c(c2)c2ccc5c(c6ccccc6n5-c5ccccc5)c2n4-c2cccc4c2B3c2ccccc2O4)cc1. The molecule has 4 heterocycles. The number of benzene rings is 7. The molecular weight excluding hydrogens is 559 g/mol. The highest BCUT2D eigenvalue weighted by Crippen LogP contribution is 2.44. The van der Waals surface area contributed by atoms with Gasteiger partial charge in [-0.05, 0) is 76.0 Å². The van der Waals surface area contributed by atoms with E-state index in [0.29, 0.717) is 0 Å². The van der Waals surface area contributed by atoms with Gasteiger partial charge in [0.1, 0.15) is 11.5 Å². The molecule has 0 unspecified atom stereocenters. The van der Waals surface area contributed by atoms with Gasteiger partial charge >= 0.3 is 0 Å². The van der Waals surface area contributed by atoms with Crippen molar-refractivity contribution in [1.29, 1.82) is 0 Å². The Labute approximate surface area is 265 Å². The average molecular weight is 584 g/mol. The molecule has 0 N–H and O–H groups in total. The summed E-state index contributed by atoms with van der Waals surface area (Å²) in [5, 5.41) is 5.07. The second-order valence-corrected chi connectivity index (χ2v) is 12.5. The minimum absolute atomic E-state index is 0.0697. The molecule has 46 heavy (non-hydrogen) atoms. The molecule has 2 aliphatic rings. The summed E-state index contributed by atoms with van der Waals surface area (Å²) in [6.45, 7) is 0.0697. The Morgan fingerprint density at radius 1 is 0.457 bits per heavy atom. The Hall–Kier alpha value is -6.00. The Kier molecular flexibility index (Phi) is 4.66. The zero-order valence-electron chi connectivity index (χ0n) is 24.8. The highest BCUT2D eigenvalue weighted by Gasteiger charge is 2.40. The highest BCUT2D eigenvalue weighted by molar-refractivity contribution is 6.99. The van der Waals surface area contributed by atoms with Crippen molar-refractivity contribution in [3.8, 4) is 34.0 Å². The van der Waals surface area contributed by atoms with Gasteiger partial charge in [0.15, 0.2) is 0 Å². The fourth-order valence-electron chi connectivity index (χ4n) is 8.34. The van der Waals surface area contributed by atoms with E-state index in [1.807, 2.05) is 0 Å². The lowest BCUT2D eigenvalue weighted by Crippen LogP contribution is -2.58. The van der Waals surface area contributed by atoms with Crippen molar-refractivity contribution in [3.63, 3.8) is 0 Å². The third-order valence-electron chi connectivity index (χ3n) is 10.1. The molecule has 0 fully saturated rings. The third kappa shape index (κ3) is 3.03. The van der Waals surface area contributed by atoms with Crippen LogP contribution < -0.4 is 21.1 Å². The number of para-hydroxylation sites is 3. The largest absolute Gasteiger partial charge is 0.458 e. The molecule has 11 rings (SSSR count). The fraction of sp³-hybridized carbons (Fsp3) is 0. The maximum atomic E-state index is 6.64. The van der Waals surface area contributed by atoms with Gasteiger partial charge in [0.2, 0.25) is 0 Å². The maximum absolute atomic E-state index is 6.64. The summed E-state index contributed by atoms with van der Waals surface area (Å²) in [4.78, 5) is 0. The third-order valence-corrected chi connectivity index (χ3v) is 10.1. The summed E-state index contributed by atoms with van der Waals surface area (Å²) in [6.07, 6.45) is 0. The van der Waals surface area contributed by atoms with Crippen LogP contribution in [0.1, 0.15) is 0 Å². The van der Waals surface area contributed by atoms with Crippen molar-refractivity contribution in [2.45, 2.75) is 0 Å². The highest BCUT2D eigenvalue weighted by atomic mass is 16.5. The first-order valence-corrected chi connectivity index (χ1v) is 15.9. The van der Waals surface area contributed by atoms with Gasteiger partial charge in [0, 0.05) is 38.4 Å². The molecule has 9 aromatic rings. The first-order chi connectivity index (χ1) is 22.8. The monoisotopic (exact) mass is 584 g/mol. The van der Waals surface area contributed by atoms with Gasteiger partial charge in [-0.2, -0.15) is 0 Å². The molecule has 3 nitrogen and oxygen atoms in total. The van der Waals surface area contributed by atoms with E-state index in [1.54, 1.807) is 0 Å². The lowest BCUT2D eigenvalue weighted by Gasteiger charge is -2.33. The van der Waals surface area contributed by atoms with E-state index < -0.39 is 0 Å². The summed E-state index contributed by atoms with van der Waals surface area (Å²) < 4.78 is 11.6. The maximum Gasteiger partial charge on any atom is 0.256 e. The van der Waals surface area contributed by atoms with E-state index in [1.165, 1.54) is 76.8 Å². The number of hydrogen-bond donors (Lipinski definition) is 0. The second kappa shape index (κ2) is 8.80. The summed E-state index contributed by atoms with van der Waals surface area (Å²) >= 11 is 0. The lowest BCUT2D eigenvalue weighted by atomic mass is 9.34. The molecule has 0 radical (unpaired) electrons. The number of nitrogens with zero attached hydrogens (tertiary/aromatic N) is 2. The minimum atomic E-state index is 0.0697. The Bertz CT molecular complexity index is 2720. The van der Waals surface area contributed by atoms with Crippen LogP contribution in [0.5, 0.6) is 11.5 Å². The Morgan fingerprint density at radius 3 is 2.11 bits per heavy atom. The summed E-state index contributed by atoms with van der Waals surface area (Å²) in [5.74, 6) is 1.87. The number of fused-ring (bicyclic) bond motifs is 11. The van der Waals surface area contributed by atoms with Crippen LogP contribution in [0.4, 0.5) is 0 Å². The summed E-state index contributed by atoms with van der Waals surface area (Å²) in [6, 6.07) is 55.0. The van der Waals surface area contributed by atoms with E-state index in [4.69, 9.17) is 4.74 Å². The number of ether oxygens (including phenoxy) is 1. The van der Waals surface area contributed by atoms with E-state index in [-0.39, 0.29) is 6.71 Å². The first-order valence-electron chi connectivity index (χ1n) is 15.9. The molecule has 0 atom stereocenters. The van der Waals surface area contributed by atoms with Crippen LogP contribution in [-0.2, 0) is 0 Å². The fourth-order valence-corrected chi connectivity index (χ4v) is 8.34. The number of aromatic nitrogens is 2. The van der Waals surface area contributed by atoms with Crippen LogP contribution >= 0.6 is 0 Å². The van der Waals surface area contributed by atoms with E-state index in [9.17, 15) is 0 Å². The predicted molar refractivity (Wildman–Crippen MR) is 192 cm³/mol. The predicted octanol–water partition coefficient (Wildman–Crippen LogP) is 8.48. The average Bonchev–Trinajstić information content (AvgIpc) is 3.64. The van der Waals surface area contributed by atoms with Crippen LogP contribution in [0.15, 0.2) is 152 Å². The summed E-state index contributed by atoms with van der Waals surface area (Å²) in [7, 11) is 0. The zero-order valence-corrected chi connectivity index (χ0v) is 24.8. The smallest absolute Gasteiger partial charge is 0.256 e. The first kappa shape index (κ1) is 24.3. The quantitative estimate of drug-likeness (QED) is 0.187. The zero-order chi connectivity index (χ0) is 29.9. The van der Waals surface area contributed by atoms with Crippen LogP contribution in [0.3, 0.4) is 0 Å². The molecule has 0 saturated heterocycles. The normalized spacial score (nSPS) is 12.9. The second-order valence-electron chi connectivity index (χ2n) is 12.5. The molecular formula is C42H25BN2O. The van der Waals surface area contributed by atoms with Crippen molar-refractivity contribution in [3.05, 3.63) is 152 Å². The van der Waals surface area contributed by atoms with Crippen molar-refractivity contribution in [2.24, 2.45) is 0 Å². The molecule has 2 aromatic heterocycles. The minimum Gasteiger partial charge on any atom is -0.458 e. The van der Waals surface area contributed by atoms with Gasteiger partial charge in [0.25, 0.3) is 6.71 Å². The van der Waals surface area contributed by atoms with Crippen molar-refractivity contribution >= 4 is 66.7 Å². The molecule has 4 heteroatoms. The van der Waals surface area contributed by atoms with E-state index in [0.717, 1.165) is 17.2 Å². The van der Waals surface area contributed by atoms with Gasteiger partial charge in [-0.15, -0.1) is 0 Å². The van der Waals surface area contributed by atoms with Gasteiger partial charge < -0.3 is 13.9 Å². The standard InChI is InChI=1S/C42H25BN2O/c1-3-12-26(13-4-1)27-24-31-29-22-23-35-39(30-16-7-9-18-34(30)44(35)28-14-5-2-6-15-28)42(29)45-36-19-11-21-38-40(36)43(33(25-27)41(31)45)32-17-8-10-20-37(32)46-38/h1-25H. The van der Waals surface area contributed by atoms with Crippen molar-refractivity contribution < 1.29 is 4.74 Å². The molecule has 0 spiro atoms. The summed E-state index contributed by atoms with van der Waals surface area (Å²) in [5.41, 5.74) is 13.5. The molecule has 0 saturated carbocycles. The Morgan fingerprint density at radius 2 is 1.22 bits per heavy atom. The van der Waals surface area contributed by atoms with Gasteiger partial charge in [0.05, 0.1) is 16.6 Å². The topological polar surface area (TPSA) is 19.1 Å². The van der Waals surface area contributed by atoms with Gasteiger partial charge in [-0.1, -0.05) is 103 Å². The molecule has 0 aliphatic carbocycles. The molecule has 0 bridgehead atoms. The molecule has 2 aliphatic heterocycles. The van der Waals surface area contributed by atoms with Crippen LogP contribution in [0, 0.1) is 0 Å². The van der Waals surface area contributed by atoms with Crippen LogP contribution in [0.25, 0.3) is 66.1 Å². The van der Waals surface area contributed by atoms with E-state index in [2.05, 4.69) is 161 Å². The number of rotatable bonds is 2. The van der Waals surface area contributed by atoms with Gasteiger partial charge in [-0.3, -0.25) is 0 Å². The molecule has 0 amide bonds. The number of hydrogen-bond acceptors (Lipinski definition) is 1. The Balaban J connectivity index is 1.38.